The van der Waals surface area contributed by atoms with Gasteiger partial charge in [0.2, 0.25) is 0 Å². The molecule has 8 atom stereocenters. The second-order valence-electron chi connectivity index (χ2n) is 11.0. The lowest BCUT2D eigenvalue weighted by Crippen LogP contribution is -2.56. The third kappa shape index (κ3) is 2.96. The number of hydrogen-bond donors (Lipinski definition) is 0. The molecule has 148 valence electrons. The van der Waals surface area contributed by atoms with Crippen molar-refractivity contribution < 1.29 is 4.79 Å². The molecule has 0 saturated heterocycles. The summed E-state index contributed by atoms with van der Waals surface area (Å²) in [7, 11) is 0. The van der Waals surface area contributed by atoms with Crippen LogP contribution in [-0.4, -0.2) is 11.1 Å². The molecule has 4 rings (SSSR count). The topological polar surface area (TPSA) is 17.1 Å². The van der Waals surface area contributed by atoms with Crippen LogP contribution in [0.5, 0.6) is 0 Å². The van der Waals surface area contributed by atoms with Crippen LogP contribution < -0.4 is 0 Å². The summed E-state index contributed by atoms with van der Waals surface area (Å²) in [5.41, 5.74) is 0.868. The quantitative estimate of drug-likeness (QED) is 0.436. The minimum absolute atomic E-state index is 0.283. The minimum Gasteiger partial charge on any atom is -0.298 e. The monoisotopic (exact) mass is 422 g/mol. The van der Waals surface area contributed by atoms with E-state index in [1.807, 2.05) is 0 Å². The highest BCUT2D eigenvalue weighted by molar-refractivity contribution is 9.09. The number of fused-ring (bicyclic) bond motifs is 5. The van der Waals surface area contributed by atoms with Gasteiger partial charge in [-0.25, -0.2) is 0 Å². The van der Waals surface area contributed by atoms with Crippen molar-refractivity contribution in [1.82, 2.24) is 0 Å². The lowest BCUT2D eigenvalue weighted by atomic mass is 9.42. The van der Waals surface area contributed by atoms with Crippen LogP contribution in [0, 0.1) is 46.3 Å². The van der Waals surface area contributed by atoms with Crippen LogP contribution in [0.1, 0.15) is 91.4 Å². The minimum atomic E-state index is 0.283. The maximum Gasteiger partial charge on any atom is 0.147 e. The zero-order valence-electron chi connectivity index (χ0n) is 17.2. The molecular weight excluding hydrogens is 384 g/mol. The fourth-order valence-corrected chi connectivity index (χ4v) is 8.79. The molecule has 8 unspecified atom stereocenters. The van der Waals surface area contributed by atoms with Crippen molar-refractivity contribution in [2.24, 2.45) is 46.3 Å². The summed E-state index contributed by atoms with van der Waals surface area (Å²) in [6.07, 6.45) is 15.3. The summed E-state index contributed by atoms with van der Waals surface area (Å²) < 4.78 is 0. The number of carbonyl (C=O) groups is 1. The van der Waals surface area contributed by atoms with E-state index in [4.69, 9.17) is 0 Å². The van der Waals surface area contributed by atoms with Crippen molar-refractivity contribution >= 4 is 21.7 Å². The van der Waals surface area contributed by atoms with Gasteiger partial charge in [0, 0.05) is 5.92 Å². The van der Waals surface area contributed by atoms with E-state index < -0.39 is 0 Å². The van der Waals surface area contributed by atoms with Crippen molar-refractivity contribution in [2.75, 3.05) is 5.33 Å². The van der Waals surface area contributed by atoms with Gasteiger partial charge >= 0.3 is 0 Å². The fourth-order valence-electron chi connectivity index (χ4n) is 8.40. The smallest absolute Gasteiger partial charge is 0.147 e. The van der Waals surface area contributed by atoms with Gasteiger partial charge in [-0.1, -0.05) is 56.0 Å². The molecule has 26 heavy (non-hydrogen) atoms. The van der Waals surface area contributed by atoms with Crippen LogP contribution in [0.2, 0.25) is 0 Å². The second kappa shape index (κ2) is 7.20. The molecule has 4 fully saturated rings. The Morgan fingerprint density at radius 3 is 2.35 bits per heavy atom. The molecule has 0 aromatic heterocycles. The largest absolute Gasteiger partial charge is 0.298 e. The SMILES string of the molecule is CC1CCC2CCC3C(CCC4(C)C(C(=O)CBr)CCCC34)C2(C)CC1. The van der Waals surface area contributed by atoms with Gasteiger partial charge in [0.05, 0.1) is 5.33 Å². The number of alkyl halides is 1. The number of carbonyl (C=O) groups excluding carboxylic acids is 1. The molecule has 0 radical (unpaired) electrons. The summed E-state index contributed by atoms with van der Waals surface area (Å²) in [5, 5.41) is 0.561. The Morgan fingerprint density at radius 2 is 1.58 bits per heavy atom. The van der Waals surface area contributed by atoms with E-state index in [9.17, 15) is 4.79 Å². The molecule has 4 aliphatic rings. The Morgan fingerprint density at radius 1 is 0.885 bits per heavy atom. The highest BCUT2D eigenvalue weighted by Crippen LogP contribution is 2.66. The fraction of sp³-hybridized carbons (Fsp3) is 0.958. The Hall–Kier alpha value is 0.150. The Bertz CT molecular complexity index is 544. The van der Waals surface area contributed by atoms with E-state index in [0.717, 1.165) is 36.0 Å². The molecule has 4 saturated carbocycles. The first-order chi connectivity index (χ1) is 12.4. The number of hydrogen-bond acceptors (Lipinski definition) is 1. The van der Waals surface area contributed by atoms with Gasteiger partial charge in [0.25, 0.3) is 0 Å². The van der Waals surface area contributed by atoms with E-state index >= 15 is 0 Å². The zero-order chi connectivity index (χ0) is 18.5. The van der Waals surface area contributed by atoms with Crippen molar-refractivity contribution in [3.63, 3.8) is 0 Å². The first-order valence-corrected chi connectivity index (χ1v) is 12.6. The summed E-state index contributed by atoms with van der Waals surface area (Å²) in [6.45, 7) is 7.66. The molecule has 0 aromatic carbocycles. The van der Waals surface area contributed by atoms with E-state index in [1.165, 1.54) is 64.2 Å². The zero-order valence-corrected chi connectivity index (χ0v) is 18.8. The predicted molar refractivity (Wildman–Crippen MR) is 112 cm³/mol. The number of ketones is 1. The third-order valence-electron chi connectivity index (χ3n) is 10.0. The molecule has 4 aliphatic carbocycles. The maximum atomic E-state index is 12.7. The van der Waals surface area contributed by atoms with Crippen LogP contribution in [-0.2, 0) is 4.79 Å². The summed E-state index contributed by atoms with van der Waals surface area (Å²) >= 11 is 3.48. The van der Waals surface area contributed by atoms with Gasteiger partial charge in [-0.3, -0.25) is 4.79 Å². The van der Waals surface area contributed by atoms with Gasteiger partial charge in [0.1, 0.15) is 5.78 Å². The molecule has 0 bridgehead atoms. The van der Waals surface area contributed by atoms with E-state index in [0.29, 0.717) is 22.4 Å². The van der Waals surface area contributed by atoms with Gasteiger partial charge in [0.15, 0.2) is 0 Å². The lowest BCUT2D eigenvalue weighted by molar-refractivity contribution is -0.149. The van der Waals surface area contributed by atoms with Crippen LogP contribution in [0.25, 0.3) is 0 Å². The first kappa shape index (κ1) is 19.5. The van der Waals surface area contributed by atoms with Crippen LogP contribution in [0.4, 0.5) is 0 Å². The van der Waals surface area contributed by atoms with Crippen LogP contribution in [0.3, 0.4) is 0 Å². The molecule has 0 amide bonds. The second-order valence-corrected chi connectivity index (χ2v) is 11.6. The normalized spacial score (nSPS) is 51.5. The highest BCUT2D eigenvalue weighted by Gasteiger charge is 2.59. The van der Waals surface area contributed by atoms with Crippen LogP contribution in [0.15, 0.2) is 0 Å². The van der Waals surface area contributed by atoms with Gasteiger partial charge in [-0.05, 0) is 91.8 Å². The maximum absolute atomic E-state index is 12.7. The summed E-state index contributed by atoms with van der Waals surface area (Å²) in [6, 6.07) is 0. The molecule has 2 heteroatoms. The van der Waals surface area contributed by atoms with Crippen molar-refractivity contribution in [1.29, 1.82) is 0 Å². The van der Waals surface area contributed by atoms with Crippen LogP contribution >= 0.6 is 15.9 Å². The van der Waals surface area contributed by atoms with Crippen molar-refractivity contribution in [3.8, 4) is 0 Å². The molecule has 0 N–H and O–H groups in total. The first-order valence-electron chi connectivity index (χ1n) is 11.5. The van der Waals surface area contributed by atoms with E-state index in [2.05, 4.69) is 36.7 Å². The predicted octanol–water partition coefficient (Wildman–Crippen LogP) is 7.03. The summed E-state index contributed by atoms with van der Waals surface area (Å²) in [4.78, 5) is 12.7. The number of halogens is 1. The molecule has 1 nitrogen and oxygen atoms in total. The highest BCUT2D eigenvalue weighted by atomic mass is 79.9. The van der Waals surface area contributed by atoms with E-state index in [1.54, 1.807) is 0 Å². The molecule has 0 spiro atoms. The van der Waals surface area contributed by atoms with Crippen molar-refractivity contribution in [3.05, 3.63) is 0 Å². The Balaban J connectivity index is 1.62. The van der Waals surface area contributed by atoms with Crippen molar-refractivity contribution in [2.45, 2.75) is 91.4 Å². The third-order valence-corrected chi connectivity index (χ3v) is 10.6. The van der Waals surface area contributed by atoms with E-state index in [-0.39, 0.29) is 5.41 Å². The average Bonchev–Trinajstić information content (AvgIpc) is 2.78. The molecule has 0 aromatic rings. The summed E-state index contributed by atoms with van der Waals surface area (Å²) in [5.74, 6) is 5.35. The Labute approximate surface area is 169 Å². The van der Waals surface area contributed by atoms with Gasteiger partial charge < -0.3 is 0 Å². The molecule has 0 heterocycles. The number of rotatable bonds is 2. The molecular formula is C24H39BrO. The van der Waals surface area contributed by atoms with Gasteiger partial charge in [-0.2, -0.15) is 0 Å². The number of Topliss-reactive ketones (excluding diaryl/α,β-unsaturated/α-hetero) is 1. The average molecular weight is 423 g/mol. The van der Waals surface area contributed by atoms with Gasteiger partial charge in [-0.15, -0.1) is 0 Å². The lowest BCUT2D eigenvalue weighted by Gasteiger charge is -2.62. The Kier molecular flexibility index (Phi) is 5.39. The standard InChI is InChI=1S/C24H39BrO/c1-16-7-8-17-9-10-18-19-5-4-6-21(22(26)15-25)24(19,3)14-12-20(18)23(17,2)13-11-16/h16-21H,4-15H2,1-3H3. The molecule has 0 aliphatic heterocycles.